The molecular weight excluding hydrogens is 208 g/mol. The Labute approximate surface area is 96.9 Å². The number of aliphatic hydroxyl groups is 2. The maximum Gasteiger partial charge on any atom is 0.310 e. The van der Waals surface area contributed by atoms with E-state index < -0.39 is 17.5 Å². The van der Waals surface area contributed by atoms with Crippen LogP contribution in [-0.2, 0) is 9.53 Å². The van der Waals surface area contributed by atoms with Gasteiger partial charge in [0.25, 0.3) is 0 Å². The lowest BCUT2D eigenvalue weighted by Crippen LogP contribution is -2.30. The molecule has 0 fully saturated rings. The van der Waals surface area contributed by atoms with Gasteiger partial charge in [-0.3, -0.25) is 4.79 Å². The Morgan fingerprint density at radius 3 is 2.69 bits per heavy atom. The van der Waals surface area contributed by atoms with E-state index in [1.54, 1.807) is 13.0 Å². The van der Waals surface area contributed by atoms with E-state index in [1.165, 1.54) is 0 Å². The van der Waals surface area contributed by atoms with Crippen molar-refractivity contribution < 1.29 is 19.7 Å². The number of carbonyl (C=O) groups is 1. The molecule has 4 nitrogen and oxygen atoms in total. The second kappa shape index (κ2) is 7.41. The molecule has 2 unspecified atom stereocenters. The van der Waals surface area contributed by atoms with Crippen LogP contribution in [0.4, 0.5) is 0 Å². The summed E-state index contributed by atoms with van der Waals surface area (Å²) < 4.78 is 4.95. The number of hydrogen-bond acceptors (Lipinski definition) is 4. The van der Waals surface area contributed by atoms with Gasteiger partial charge in [0.15, 0.2) is 0 Å². The number of esters is 1. The quantitative estimate of drug-likeness (QED) is 0.486. The van der Waals surface area contributed by atoms with Gasteiger partial charge < -0.3 is 14.9 Å². The van der Waals surface area contributed by atoms with Gasteiger partial charge in [-0.2, -0.15) is 0 Å². The van der Waals surface area contributed by atoms with Crippen molar-refractivity contribution in [3.63, 3.8) is 0 Å². The first-order chi connectivity index (χ1) is 7.49. The van der Waals surface area contributed by atoms with Crippen LogP contribution in [0.25, 0.3) is 0 Å². The van der Waals surface area contributed by atoms with Crippen LogP contribution < -0.4 is 0 Å². The maximum atomic E-state index is 11.2. The summed E-state index contributed by atoms with van der Waals surface area (Å²) in [5, 5.41) is 18.7. The molecule has 4 heteroatoms. The Balaban J connectivity index is 3.95. The van der Waals surface area contributed by atoms with Crippen molar-refractivity contribution in [2.75, 3.05) is 13.2 Å². The predicted octanol–water partition coefficient (Wildman–Crippen LogP) is 1.27. The van der Waals surface area contributed by atoms with E-state index in [0.29, 0.717) is 19.3 Å². The molecule has 16 heavy (non-hydrogen) atoms. The molecule has 0 aromatic rings. The van der Waals surface area contributed by atoms with Crippen LogP contribution >= 0.6 is 0 Å². The van der Waals surface area contributed by atoms with Gasteiger partial charge in [-0.05, 0) is 19.8 Å². The fourth-order valence-electron chi connectivity index (χ4n) is 1.25. The second-order valence-corrected chi connectivity index (χ2v) is 4.07. The highest BCUT2D eigenvalue weighted by atomic mass is 16.5. The minimum absolute atomic E-state index is 0.168. The second-order valence-electron chi connectivity index (χ2n) is 4.07. The van der Waals surface area contributed by atoms with Crippen molar-refractivity contribution in [1.82, 2.24) is 0 Å². The van der Waals surface area contributed by atoms with Crippen LogP contribution in [0.1, 0.15) is 33.1 Å². The van der Waals surface area contributed by atoms with Crippen LogP contribution in [-0.4, -0.2) is 35.0 Å². The highest BCUT2D eigenvalue weighted by Gasteiger charge is 2.23. The van der Waals surface area contributed by atoms with E-state index in [0.717, 1.165) is 0 Å². The minimum atomic E-state index is -0.843. The molecular formula is C12H22O4. The van der Waals surface area contributed by atoms with Gasteiger partial charge in [-0.1, -0.05) is 13.0 Å². The van der Waals surface area contributed by atoms with Crippen molar-refractivity contribution in [3.8, 4) is 0 Å². The van der Waals surface area contributed by atoms with Gasteiger partial charge >= 0.3 is 5.97 Å². The monoisotopic (exact) mass is 230 g/mol. The molecule has 0 spiro atoms. The van der Waals surface area contributed by atoms with Crippen LogP contribution in [0.3, 0.4) is 0 Å². The lowest BCUT2D eigenvalue weighted by atomic mass is 9.93. The van der Waals surface area contributed by atoms with Crippen molar-refractivity contribution in [2.24, 2.45) is 5.92 Å². The summed E-state index contributed by atoms with van der Waals surface area (Å²) in [4.78, 5) is 11.2. The molecule has 0 aliphatic rings. The molecule has 0 saturated heterocycles. The zero-order valence-corrected chi connectivity index (χ0v) is 10.1. The highest BCUT2D eigenvalue weighted by molar-refractivity contribution is 5.72. The van der Waals surface area contributed by atoms with Crippen LogP contribution in [0.15, 0.2) is 12.7 Å². The van der Waals surface area contributed by atoms with Crippen molar-refractivity contribution in [2.45, 2.75) is 38.7 Å². The fraction of sp³-hybridized carbons (Fsp3) is 0.750. The zero-order valence-electron chi connectivity index (χ0n) is 10.1. The molecule has 2 N–H and O–H groups in total. The lowest BCUT2D eigenvalue weighted by Gasteiger charge is -2.25. The number of aliphatic hydroxyl groups excluding tert-OH is 1. The lowest BCUT2D eigenvalue weighted by molar-refractivity contribution is -0.150. The summed E-state index contributed by atoms with van der Waals surface area (Å²) in [6.45, 7) is 7.00. The Morgan fingerprint density at radius 1 is 1.62 bits per heavy atom. The zero-order chi connectivity index (χ0) is 12.6. The molecule has 0 rings (SSSR count). The van der Waals surface area contributed by atoms with E-state index in [9.17, 15) is 9.90 Å². The van der Waals surface area contributed by atoms with Crippen molar-refractivity contribution in [1.29, 1.82) is 0 Å². The van der Waals surface area contributed by atoms with Gasteiger partial charge in [0, 0.05) is 6.42 Å². The third-order valence-electron chi connectivity index (χ3n) is 2.67. The molecule has 0 heterocycles. The first-order valence-corrected chi connectivity index (χ1v) is 5.60. The normalized spacial score (nSPS) is 16.2. The Kier molecular flexibility index (Phi) is 7.01. The number of rotatable bonds is 8. The number of ether oxygens (including phenoxy) is 1. The third kappa shape index (κ3) is 5.28. The molecule has 2 atom stereocenters. The molecule has 0 amide bonds. The smallest absolute Gasteiger partial charge is 0.310 e. The molecule has 0 radical (unpaired) electrons. The van der Waals surface area contributed by atoms with Crippen LogP contribution in [0.2, 0.25) is 0 Å². The van der Waals surface area contributed by atoms with Crippen LogP contribution in [0.5, 0.6) is 0 Å². The highest BCUT2D eigenvalue weighted by Crippen LogP contribution is 2.20. The van der Waals surface area contributed by atoms with E-state index in [-0.39, 0.29) is 13.2 Å². The average molecular weight is 230 g/mol. The third-order valence-corrected chi connectivity index (χ3v) is 2.67. The average Bonchev–Trinajstić information content (AvgIpc) is 2.28. The maximum absolute atomic E-state index is 11.2. The SMILES string of the molecule is C=CCC(O)(CC)CCOC(=O)C(C)CO. The Bertz CT molecular complexity index is 227. The van der Waals surface area contributed by atoms with Gasteiger partial charge in [-0.15, -0.1) is 6.58 Å². The first-order valence-electron chi connectivity index (χ1n) is 5.60. The fourth-order valence-corrected chi connectivity index (χ4v) is 1.25. The molecule has 0 bridgehead atoms. The number of carbonyl (C=O) groups excluding carboxylic acids is 1. The molecule has 0 aliphatic heterocycles. The standard InChI is InChI=1S/C12H22O4/c1-4-6-12(15,5-2)7-8-16-11(14)10(3)9-13/h4,10,13,15H,1,5-9H2,2-3H3. The van der Waals surface area contributed by atoms with Crippen LogP contribution in [0, 0.1) is 5.92 Å². The van der Waals surface area contributed by atoms with Gasteiger partial charge in [-0.25, -0.2) is 0 Å². The van der Waals surface area contributed by atoms with E-state index in [2.05, 4.69) is 6.58 Å². The van der Waals surface area contributed by atoms with Crippen molar-refractivity contribution in [3.05, 3.63) is 12.7 Å². The summed E-state index contributed by atoms with van der Waals surface area (Å²) in [5.74, 6) is -0.936. The topological polar surface area (TPSA) is 66.8 Å². The van der Waals surface area contributed by atoms with E-state index in [4.69, 9.17) is 9.84 Å². The minimum Gasteiger partial charge on any atom is -0.465 e. The molecule has 0 aromatic carbocycles. The largest absolute Gasteiger partial charge is 0.465 e. The predicted molar refractivity (Wildman–Crippen MR) is 61.9 cm³/mol. The summed E-state index contributed by atoms with van der Waals surface area (Å²) in [6.07, 6.45) is 3.11. The van der Waals surface area contributed by atoms with E-state index >= 15 is 0 Å². The summed E-state index contributed by atoms with van der Waals surface area (Å²) in [7, 11) is 0. The first kappa shape index (κ1) is 15.1. The summed E-state index contributed by atoms with van der Waals surface area (Å²) in [5.41, 5.74) is -0.843. The van der Waals surface area contributed by atoms with Crippen molar-refractivity contribution >= 4 is 5.97 Å². The summed E-state index contributed by atoms with van der Waals surface area (Å²) in [6, 6.07) is 0. The Hall–Kier alpha value is -0.870. The number of hydrogen-bond donors (Lipinski definition) is 2. The van der Waals surface area contributed by atoms with Gasteiger partial charge in [0.05, 0.1) is 24.7 Å². The van der Waals surface area contributed by atoms with Gasteiger partial charge in [0.2, 0.25) is 0 Å². The molecule has 0 aromatic heterocycles. The molecule has 0 saturated carbocycles. The Morgan fingerprint density at radius 2 is 2.25 bits per heavy atom. The van der Waals surface area contributed by atoms with E-state index in [1.807, 2.05) is 6.92 Å². The molecule has 94 valence electrons. The van der Waals surface area contributed by atoms with Gasteiger partial charge in [0.1, 0.15) is 0 Å². The molecule has 0 aliphatic carbocycles. The summed E-state index contributed by atoms with van der Waals surface area (Å²) >= 11 is 0.